The summed E-state index contributed by atoms with van der Waals surface area (Å²) in [5.41, 5.74) is 0. The van der Waals surface area contributed by atoms with Gasteiger partial charge in [0.2, 0.25) is 0 Å². The molecule has 3 aromatic rings. The predicted molar refractivity (Wildman–Crippen MR) is 92.8 cm³/mol. The van der Waals surface area contributed by atoms with E-state index in [1.165, 1.54) is 6.07 Å². The summed E-state index contributed by atoms with van der Waals surface area (Å²) in [7, 11) is -11.3. The van der Waals surface area contributed by atoms with Crippen LogP contribution in [0.15, 0.2) is 92.4 Å². The number of halogens is 7. The van der Waals surface area contributed by atoms with Gasteiger partial charge in [-0.1, -0.05) is 43.7 Å². The van der Waals surface area contributed by atoms with Crippen LogP contribution in [0.3, 0.4) is 0 Å². The number of rotatable bonds is 4. The van der Waals surface area contributed by atoms with Crippen LogP contribution in [0.4, 0.5) is 28.2 Å². The van der Waals surface area contributed by atoms with Crippen molar-refractivity contribution in [2.24, 2.45) is 0 Å². The minimum Gasteiger partial charge on any atom is -0.207 e. The molecule has 0 spiro atoms. The van der Waals surface area contributed by atoms with E-state index in [1.807, 2.05) is 0 Å². The third-order valence-corrected chi connectivity index (χ3v) is 6.86. The highest BCUT2D eigenvalue weighted by Crippen LogP contribution is 3.02. The van der Waals surface area contributed by atoms with Crippen molar-refractivity contribution in [2.45, 2.75) is 19.6 Å². The lowest BCUT2D eigenvalue weighted by atomic mass is 10.3. The first-order valence-electron chi connectivity index (χ1n) is 7.43. The Morgan fingerprint density at radius 2 is 1.11 bits per heavy atom. The molecule has 0 aliphatic carbocycles. The van der Waals surface area contributed by atoms with Crippen LogP contribution in [-0.2, 0) is 10.9 Å². The van der Waals surface area contributed by atoms with E-state index in [-0.39, 0.29) is 9.79 Å². The van der Waals surface area contributed by atoms with Crippen molar-refractivity contribution in [3.8, 4) is 0 Å². The second-order valence-electron chi connectivity index (χ2n) is 5.67. The molecule has 0 saturated heterocycles. The van der Waals surface area contributed by atoms with Gasteiger partial charge in [-0.2, -0.15) is 0 Å². The summed E-state index contributed by atoms with van der Waals surface area (Å²) in [5, 5.41) is 0. The van der Waals surface area contributed by atoms with Crippen molar-refractivity contribution in [3.05, 3.63) is 84.4 Å². The summed E-state index contributed by atoms with van der Waals surface area (Å²) >= 11 is 0. The lowest BCUT2D eigenvalue weighted by Gasteiger charge is -2.40. The summed E-state index contributed by atoms with van der Waals surface area (Å²) < 4.78 is 93.4. The molecule has 0 saturated carbocycles. The molecular weight excluding hydrogens is 413 g/mol. The summed E-state index contributed by atoms with van der Waals surface area (Å²) in [6.45, 7) is 0. The topological polar surface area (TPSA) is 0 Å². The Kier molecular flexibility index (Phi) is 4.31. The molecule has 27 heavy (non-hydrogen) atoms. The molecule has 0 radical (unpaired) electrons. The van der Waals surface area contributed by atoms with Crippen LogP contribution < -0.4 is 0 Å². The van der Waals surface area contributed by atoms with Crippen LogP contribution in [0.1, 0.15) is 0 Å². The van der Waals surface area contributed by atoms with Crippen LogP contribution in [0.2, 0.25) is 0 Å². The van der Waals surface area contributed by atoms with Gasteiger partial charge in [0.1, 0.15) is 16.5 Å². The minimum absolute atomic E-state index is 0.0398. The predicted octanol–water partition coefficient (Wildman–Crippen LogP) is 7.72. The van der Waals surface area contributed by atoms with Gasteiger partial charge in [-0.25, -0.2) is 8.78 Å². The van der Waals surface area contributed by atoms with E-state index in [9.17, 15) is 28.2 Å². The molecule has 1 unspecified atom stereocenters. The summed E-state index contributed by atoms with van der Waals surface area (Å²) in [6.07, 6.45) is 0. The third-order valence-electron chi connectivity index (χ3n) is 3.54. The quantitative estimate of drug-likeness (QED) is 0.297. The van der Waals surface area contributed by atoms with Crippen molar-refractivity contribution in [1.29, 1.82) is 0 Å². The van der Waals surface area contributed by atoms with Crippen LogP contribution in [0, 0.1) is 11.6 Å². The van der Waals surface area contributed by atoms with Gasteiger partial charge in [-0.05, 0) is 24.3 Å². The van der Waals surface area contributed by atoms with Gasteiger partial charge in [-0.15, -0.1) is 0 Å². The maximum atomic E-state index is 13.7. The maximum absolute atomic E-state index is 13.7. The van der Waals surface area contributed by atoms with Gasteiger partial charge in [0, 0.05) is 24.3 Å². The normalized spacial score (nSPS) is 15.7. The van der Waals surface area contributed by atoms with E-state index in [0.29, 0.717) is 23.1 Å². The summed E-state index contributed by atoms with van der Waals surface area (Å²) in [5.74, 6) is -1.83. The first-order valence-corrected chi connectivity index (χ1v) is 10.6. The number of benzene rings is 3. The maximum Gasteiger partial charge on any atom is 0.310 e. The highest BCUT2D eigenvalue weighted by atomic mass is 32.5. The molecule has 0 fully saturated rings. The Balaban J connectivity index is 2.24. The fraction of sp³-hybridized carbons (Fsp3) is 0. The highest BCUT2D eigenvalue weighted by Gasteiger charge is 2.65. The Labute approximate surface area is 153 Å². The van der Waals surface area contributed by atoms with Gasteiger partial charge < -0.3 is 0 Å². The Morgan fingerprint density at radius 1 is 0.556 bits per heavy atom. The van der Waals surface area contributed by atoms with E-state index in [1.54, 1.807) is 30.3 Å². The van der Waals surface area contributed by atoms with Crippen molar-refractivity contribution in [2.75, 3.05) is 0 Å². The molecule has 3 aromatic carbocycles. The average molecular weight is 425 g/mol. The molecule has 0 aromatic heterocycles. The largest absolute Gasteiger partial charge is 0.310 e. The van der Waals surface area contributed by atoms with Crippen LogP contribution in [-0.4, -0.2) is 0 Å². The molecule has 0 aliphatic rings. The zero-order valence-corrected chi connectivity index (χ0v) is 15.0. The summed E-state index contributed by atoms with van der Waals surface area (Å²) in [4.78, 5) is -1.70. The standard InChI is InChI=1S/C18H12F7S2/c19-13-9-14(20)11-17(10-13)26(15-5-2-1-3-6-15)16-7-4-8-18(12-16)27(21,22,23,24)25/h1-12H/q+1. The highest BCUT2D eigenvalue weighted by molar-refractivity contribution is 8.45. The number of hydrogen-bond donors (Lipinski definition) is 0. The smallest absolute Gasteiger partial charge is 0.207 e. The zero-order valence-electron chi connectivity index (χ0n) is 13.4. The molecule has 1 atom stereocenters. The van der Waals surface area contributed by atoms with Crippen molar-refractivity contribution in [1.82, 2.24) is 0 Å². The van der Waals surface area contributed by atoms with Gasteiger partial charge in [-0.3, -0.25) is 0 Å². The van der Waals surface area contributed by atoms with Crippen LogP contribution in [0.25, 0.3) is 0 Å². The molecule has 3 rings (SSSR count). The Morgan fingerprint density at radius 3 is 1.67 bits per heavy atom. The second-order valence-corrected chi connectivity index (χ2v) is 10.1. The lowest BCUT2D eigenvalue weighted by Crippen LogP contribution is -2.10. The van der Waals surface area contributed by atoms with Crippen LogP contribution in [0.5, 0.6) is 0 Å². The van der Waals surface area contributed by atoms with E-state index in [0.717, 1.165) is 18.2 Å². The van der Waals surface area contributed by atoms with Gasteiger partial charge in [0.25, 0.3) is 0 Å². The third kappa shape index (κ3) is 4.59. The van der Waals surface area contributed by atoms with Gasteiger partial charge in [0.05, 0.1) is 10.9 Å². The first kappa shape index (κ1) is 19.6. The second kappa shape index (κ2) is 5.93. The first-order chi connectivity index (χ1) is 12.3. The molecule has 0 amide bonds. The molecule has 0 bridgehead atoms. The molecule has 0 nitrogen and oxygen atoms in total. The Hall–Kier alpha value is -2.13. The van der Waals surface area contributed by atoms with Crippen molar-refractivity contribution < 1.29 is 28.2 Å². The van der Waals surface area contributed by atoms with E-state index in [2.05, 4.69) is 0 Å². The molecule has 0 aliphatic heterocycles. The van der Waals surface area contributed by atoms with E-state index >= 15 is 0 Å². The molecule has 9 heteroatoms. The number of hydrogen-bond acceptors (Lipinski definition) is 0. The fourth-order valence-electron chi connectivity index (χ4n) is 2.45. The SMILES string of the molecule is Fc1cc(F)cc([S+](c2ccccc2)c2cccc(S(F)(F)(F)(F)F)c2)c1. The molecular formula is C18H12F7S2+. The molecule has 0 N–H and O–H groups in total. The van der Waals surface area contributed by atoms with Crippen LogP contribution >= 0.6 is 10.2 Å². The van der Waals surface area contributed by atoms with E-state index < -0.39 is 37.6 Å². The molecule has 144 valence electrons. The minimum atomic E-state index is -9.90. The van der Waals surface area contributed by atoms with E-state index in [4.69, 9.17) is 0 Å². The van der Waals surface area contributed by atoms with Gasteiger partial charge in [0.15, 0.2) is 14.7 Å². The van der Waals surface area contributed by atoms with Gasteiger partial charge >= 0.3 is 10.2 Å². The summed E-state index contributed by atoms with van der Waals surface area (Å²) in [6, 6.07) is 13.3. The average Bonchev–Trinajstić information content (AvgIpc) is 2.53. The molecule has 0 heterocycles. The lowest BCUT2D eigenvalue weighted by molar-refractivity contribution is 0.363. The van der Waals surface area contributed by atoms with Crippen molar-refractivity contribution in [3.63, 3.8) is 0 Å². The van der Waals surface area contributed by atoms with Crippen molar-refractivity contribution >= 4 is 21.1 Å². The monoisotopic (exact) mass is 425 g/mol. The fourth-order valence-corrected chi connectivity index (χ4v) is 5.38. The Bertz CT molecular complexity index is 966. The zero-order chi connectivity index (χ0) is 19.9.